The zero-order valence-electron chi connectivity index (χ0n) is 9.08. The Kier molecular flexibility index (Phi) is 3.29. The first kappa shape index (κ1) is 11.5. The van der Waals surface area contributed by atoms with Gasteiger partial charge in [-0.15, -0.1) is 11.3 Å². The van der Waals surface area contributed by atoms with Crippen molar-refractivity contribution in [3.05, 3.63) is 44.5 Å². The van der Waals surface area contributed by atoms with Crippen molar-refractivity contribution in [2.24, 2.45) is 0 Å². The van der Waals surface area contributed by atoms with Gasteiger partial charge in [-0.2, -0.15) is 0 Å². The number of hydrogen-bond donors (Lipinski definition) is 1. The standard InChI is InChI=1S/C10H10N4O2S/c1-7-9(14(15)16)2-3-10(13-7)11-4-8-5-17-6-12-8/h2-3,5-6H,4H2,1H3,(H,11,13). The molecule has 0 bridgehead atoms. The van der Waals surface area contributed by atoms with Crippen molar-refractivity contribution >= 4 is 22.8 Å². The molecular weight excluding hydrogens is 240 g/mol. The van der Waals surface area contributed by atoms with Crippen LogP contribution in [0.2, 0.25) is 0 Å². The zero-order valence-corrected chi connectivity index (χ0v) is 9.90. The predicted octanol–water partition coefficient (Wildman–Crippen LogP) is 2.37. The van der Waals surface area contributed by atoms with Gasteiger partial charge < -0.3 is 5.32 Å². The maximum Gasteiger partial charge on any atom is 0.290 e. The molecule has 0 amide bonds. The summed E-state index contributed by atoms with van der Waals surface area (Å²) in [5.41, 5.74) is 3.11. The van der Waals surface area contributed by atoms with Gasteiger partial charge >= 0.3 is 0 Å². The lowest BCUT2D eigenvalue weighted by Crippen LogP contribution is -2.03. The second kappa shape index (κ2) is 4.88. The summed E-state index contributed by atoms with van der Waals surface area (Å²) in [5, 5.41) is 15.6. The Balaban J connectivity index is 2.07. The number of nitro groups is 1. The Morgan fingerprint density at radius 2 is 2.35 bits per heavy atom. The summed E-state index contributed by atoms with van der Waals surface area (Å²) in [4.78, 5) is 18.4. The molecule has 2 aromatic heterocycles. The van der Waals surface area contributed by atoms with Gasteiger partial charge in [0.1, 0.15) is 11.5 Å². The molecule has 1 N–H and O–H groups in total. The molecule has 0 aliphatic heterocycles. The molecule has 0 aliphatic rings. The van der Waals surface area contributed by atoms with Gasteiger partial charge in [0, 0.05) is 11.4 Å². The second-order valence-electron chi connectivity index (χ2n) is 3.39. The minimum atomic E-state index is -0.438. The maximum atomic E-state index is 10.6. The summed E-state index contributed by atoms with van der Waals surface area (Å²) < 4.78 is 0. The number of aromatic nitrogens is 2. The third-order valence-corrected chi connectivity index (χ3v) is 2.82. The number of aryl methyl sites for hydroxylation is 1. The quantitative estimate of drug-likeness (QED) is 0.665. The average Bonchev–Trinajstić information content (AvgIpc) is 2.78. The van der Waals surface area contributed by atoms with Crippen LogP contribution in [0.15, 0.2) is 23.0 Å². The number of nitrogens with zero attached hydrogens (tertiary/aromatic N) is 3. The number of rotatable bonds is 4. The molecule has 2 aromatic rings. The fourth-order valence-corrected chi connectivity index (χ4v) is 1.91. The van der Waals surface area contributed by atoms with Crippen LogP contribution in [0, 0.1) is 17.0 Å². The minimum absolute atomic E-state index is 0.0317. The van der Waals surface area contributed by atoms with E-state index in [0.29, 0.717) is 18.1 Å². The summed E-state index contributed by atoms with van der Waals surface area (Å²) in [7, 11) is 0. The first-order chi connectivity index (χ1) is 8.16. The minimum Gasteiger partial charge on any atom is -0.364 e. The molecule has 88 valence electrons. The van der Waals surface area contributed by atoms with E-state index in [9.17, 15) is 10.1 Å². The van der Waals surface area contributed by atoms with Gasteiger partial charge in [-0.05, 0) is 13.0 Å². The summed E-state index contributed by atoms with van der Waals surface area (Å²) in [5.74, 6) is 0.612. The van der Waals surface area contributed by atoms with E-state index in [4.69, 9.17) is 0 Å². The molecule has 0 saturated carbocycles. The van der Waals surface area contributed by atoms with Gasteiger partial charge in [-0.25, -0.2) is 9.97 Å². The number of pyridine rings is 1. The normalized spacial score (nSPS) is 10.2. The molecule has 0 aliphatic carbocycles. The van der Waals surface area contributed by atoms with Crippen molar-refractivity contribution in [2.45, 2.75) is 13.5 Å². The summed E-state index contributed by atoms with van der Waals surface area (Å²) in [6.45, 7) is 2.18. The maximum absolute atomic E-state index is 10.6. The number of nitrogens with one attached hydrogen (secondary N) is 1. The smallest absolute Gasteiger partial charge is 0.290 e. The Morgan fingerprint density at radius 1 is 1.53 bits per heavy atom. The first-order valence-electron chi connectivity index (χ1n) is 4.90. The summed E-state index contributed by atoms with van der Waals surface area (Å²) in [6, 6.07) is 3.04. The van der Waals surface area contributed by atoms with Crippen LogP contribution in [0.5, 0.6) is 0 Å². The van der Waals surface area contributed by atoms with Crippen LogP contribution in [0.4, 0.5) is 11.5 Å². The van der Waals surface area contributed by atoms with Crippen LogP contribution in [-0.2, 0) is 6.54 Å². The van der Waals surface area contributed by atoms with Crippen molar-refractivity contribution < 1.29 is 4.92 Å². The fourth-order valence-electron chi connectivity index (χ4n) is 1.35. The predicted molar refractivity (Wildman–Crippen MR) is 65.1 cm³/mol. The number of thiazole rings is 1. The molecule has 0 saturated heterocycles. The molecule has 6 nitrogen and oxygen atoms in total. The second-order valence-corrected chi connectivity index (χ2v) is 4.11. The molecule has 0 unspecified atom stereocenters. The monoisotopic (exact) mass is 250 g/mol. The molecule has 0 radical (unpaired) electrons. The van der Waals surface area contributed by atoms with E-state index >= 15 is 0 Å². The van der Waals surface area contributed by atoms with Crippen molar-refractivity contribution in [3.63, 3.8) is 0 Å². The van der Waals surface area contributed by atoms with Gasteiger partial charge in [0.2, 0.25) is 0 Å². The van der Waals surface area contributed by atoms with E-state index in [1.54, 1.807) is 18.5 Å². The molecule has 0 fully saturated rings. The van der Waals surface area contributed by atoms with E-state index in [1.807, 2.05) is 5.38 Å². The van der Waals surface area contributed by atoms with Gasteiger partial charge in [0.15, 0.2) is 0 Å². The number of hydrogen-bond acceptors (Lipinski definition) is 6. The SMILES string of the molecule is Cc1nc(NCc2cscn2)ccc1[N+](=O)[O-]. The van der Waals surface area contributed by atoms with Crippen molar-refractivity contribution in [1.82, 2.24) is 9.97 Å². The first-order valence-corrected chi connectivity index (χ1v) is 5.84. The Morgan fingerprint density at radius 3 is 2.94 bits per heavy atom. The van der Waals surface area contributed by atoms with Crippen LogP contribution < -0.4 is 5.32 Å². The lowest BCUT2D eigenvalue weighted by atomic mass is 10.3. The highest BCUT2D eigenvalue weighted by molar-refractivity contribution is 7.07. The van der Waals surface area contributed by atoms with E-state index in [1.165, 1.54) is 17.4 Å². The Labute approximate surface area is 102 Å². The van der Waals surface area contributed by atoms with E-state index in [-0.39, 0.29) is 5.69 Å². The van der Waals surface area contributed by atoms with Crippen molar-refractivity contribution in [2.75, 3.05) is 5.32 Å². The lowest BCUT2D eigenvalue weighted by Gasteiger charge is -2.04. The van der Waals surface area contributed by atoms with Crippen LogP contribution in [0.3, 0.4) is 0 Å². The Hall–Kier alpha value is -2.02. The summed E-state index contributed by atoms with van der Waals surface area (Å²) >= 11 is 1.52. The molecule has 0 spiro atoms. The molecule has 0 aromatic carbocycles. The largest absolute Gasteiger partial charge is 0.364 e. The van der Waals surface area contributed by atoms with Gasteiger partial charge in [-0.1, -0.05) is 0 Å². The summed E-state index contributed by atoms with van der Waals surface area (Å²) in [6.07, 6.45) is 0. The lowest BCUT2D eigenvalue weighted by molar-refractivity contribution is -0.385. The van der Waals surface area contributed by atoms with E-state index in [2.05, 4.69) is 15.3 Å². The van der Waals surface area contributed by atoms with Gasteiger partial charge in [0.25, 0.3) is 5.69 Å². The molecule has 7 heteroatoms. The van der Waals surface area contributed by atoms with Crippen LogP contribution in [0.25, 0.3) is 0 Å². The van der Waals surface area contributed by atoms with Crippen LogP contribution in [0.1, 0.15) is 11.4 Å². The fraction of sp³-hybridized carbons (Fsp3) is 0.200. The van der Waals surface area contributed by atoms with Crippen LogP contribution >= 0.6 is 11.3 Å². The third kappa shape index (κ3) is 2.76. The molecular formula is C10H10N4O2S. The Bertz CT molecular complexity index is 527. The van der Waals surface area contributed by atoms with Crippen molar-refractivity contribution in [1.29, 1.82) is 0 Å². The average molecular weight is 250 g/mol. The molecule has 17 heavy (non-hydrogen) atoms. The van der Waals surface area contributed by atoms with Gasteiger partial charge in [-0.3, -0.25) is 10.1 Å². The molecule has 2 rings (SSSR count). The van der Waals surface area contributed by atoms with E-state index in [0.717, 1.165) is 5.69 Å². The van der Waals surface area contributed by atoms with E-state index < -0.39 is 4.92 Å². The zero-order chi connectivity index (χ0) is 12.3. The topological polar surface area (TPSA) is 81.0 Å². The highest BCUT2D eigenvalue weighted by atomic mass is 32.1. The molecule has 2 heterocycles. The van der Waals surface area contributed by atoms with Crippen LogP contribution in [-0.4, -0.2) is 14.9 Å². The highest BCUT2D eigenvalue weighted by Gasteiger charge is 2.11. The molecule has 0 atom stereocenters. The van der Waals surface area contributed by atoms with Crippen molar-refractivity contribution in [3.8, 4) is 0 Å². The third-order valence-electron chi connectivity index (χ3n) is 2.19. The highest BCUT2D eigenvalue weighted by Crippen LogP contribution is 2.18. The van der Waals surface area contributed by atoms with Gasteiger partial charge in [0.05, 0.1) is 22.7 Å². The number of anilines is 1.